The number of rotatable bonds is 6. The fourth-order valence-corrected chi connectivity index (χ4v) is 1.44. The third-order valence-electron chi connectivity index (χ3n) is 1.20. The van der Waals surface area contributed by atoms with Crippen LogP contribution in [0.1, 0.15) is 6.92 Å². The molecule has 1 atom stereocenters. The van der Waals surface area contributed by atoms with Gasteiger partial charge in [0.2, 0.25) is 5.91 Å². The lowest BCUT2D eigenvalue weighted by atomic mass is 10.3. The molecule has 0 spiro atoms. The SMILES string of the molecule is CC(=O)NC(CSCCO)C(=O)O. The Morgan fingerprint density at radius 1 is 1.54 bits per heavy atom. The Morgan fingerprint density at radius 2 is 2.15 bits per heavy atom. The molecule has 76 valence electrons. The predicted octanol–water partition coefficient (Wildman–Crippen LogP) is -0.699. The number of nitrogens with one attached hydrogen (secondary N) is 1. The van der Waals surface area contributed by atoms with E-state index in [4.69, 9.17) is 10.2 Å². The molecular formula is C7H13NO4S. The smallest absolute Gasteiger partial charge is 0.327 e. The Labute approximate surface area is 80.5 Å². The molecule has 0 aromatic carbocycles. The lowest BCUT2D eigenvalue weighted by Crippen LogP contribution is -2.41. The molecule has 0 saturated heterocycles. The van der Waals surface area contributed by atoms with E-state index in [1.54, 1.807) is 0 Å². The number of aliphatic hydroxyl groups excluding tert-OH is 1. The summed E-state index contributed by atoms with van der Waals surface area (Å²) in [6.07, 6.45) is 0. The van der Waals surface area contributed by atoms with Crippen molar-refractivity contribution in [1.29, 1.82) is 0 Å². The molecule has 5 nitrogen and oxygen atoms in total. The van der Waals surface area contributed by atoms with Crippen LogP contribution >= 0.6 is 11.8 Å². The Hall–Kier alpha value is -0.750. The number of aliphatic carboxylic acids is 1. The van der Waals surface area contributed by atoms with Gasteiger partial charge in [-0.05, 0) is 0 Å². The highest BCUT2D eigenvalue weighted by molar-refractivity contribution is 7.99. The van der Waals surface area contributed by atoms with E-state index in [1.807, 2.05) is 0 Å². The van der Waals surface area contributed by atoms with Crippen molar-refractivity contribution in [2.45, 2.75) is 13.0 Å². The van der Waals surface area contributed by atoms with E-state index in [2.05, 4.69) is 5.32 Å². The fraction of sp³-hybridized carbons (Fsp3) is 0.714. The standard InChI is InChI=1S/C7H13NO4S/c1-5(10)8-6(7(11)12)4-13-3-2-9/h6,9H,2-4H2,1H3,(H,8,10)(H,11,12). The summed E-state index contributed by atoms with van der Waals surface area (Å²) in [6.45, 7) is 1.28. The minimum absolute atomic E-state index is 0.0110. The number of hydrogen-bond acceptors (Lipinski definition) is 4. The topological polar surface area (TPSA) is 86.6 Å². The summed E-state index contributed by atoms with van der Waals surface area (Å²) in [5, 5.41) is 19.4. The summed E-state index contributed by atoms with van der Waals surface area (Å²) in [4.78, 5) is 21.1. The van der Waals surface area contributed by atoms with Crippen molar-refractivity contribution in [1.82, 2.24) is 5.32 Å². The molecule has 0 fully saturated rings. The molecule has 0 aromatic rings. The van der Waals surface area contributed by atoms with Gasteiger partial charge in [0.1, 0.15) is 6.04 Å². The van der Waals surface area contributed by atoms with Gasteiger partial charge in [-0.25, -0.2) is 4.79 Å². The van der Waals surface area contributed by atoms with Crippen LogP contribution in [0.4, 0.5) is 0 Å². The first-order valence-corrected chi connectivity index (χ1v) is 4.92. The van der Waals surface area contributed by atoms with E-state index in [-0.39, 0.29) is 18.3 Å². The highest BCUT2D eigenvalue weighted by Gasteiger charge is 2.17. The van der Waals surface area contributed by atoms with Crippen molar-refractivity contribution in [2.24, 2.45) is 0 Å². The molecule has 1 unspecified atom stereocenters. The van der Waals surface area contributed by atoms with E-state index in [9.17, 15) is 9.59 Å². The Bertz CT molecular complexity index is 185. The maximum Gasteiger partial charge on any atom is 0.327 e. The molecule has 13 heavy (non-hydrogen) atoms. The summed E-state index contributed by atoms with van der Waals surface area (Å²) in [5.41, 5.74) is 0. The minimum Gasteiger partial charge on any atom is -0.480 e. The molecule has 1 amide bonds. The average molecular weight is 207 g/mol. The van der Waals surface area contributed by atoms with Crippen LogP contribution in [0.3, 0.4) is 0 Å². The molecule has 6 heteroatoms. The highest BCUT2D eigenvalue weighted by Crippen LogP contribution is 2.02. The minimum atomic E-state index is -1.05. The number of carboxylic acids is 1. The van der Waals surface area contributed by atoms with Gasteiger partial charge in [-0.3, -0.25) is 4.79 Å². The summed E-state index contributed by atoms with van der Waals surface area (Å²) in [6, 6.07) is -0.867. The maximum absolute atomic E-state index is 10.6. The Kier molecular flexibility index (Phi) is 6.34. The van der Waals surface area contributed by atoms with Crippen LogP contribution in [-0.2, 0) is 9.59 Å². The molecule has 0 heterocycles. The Balaban J connectivity index is 3.81. The van der Waals surface area contributed by atoms with Crippen molar-refractivity contribution < 1.29 is 19.8 Å². The molecule has 0 aliphatic carbocycles. The highest BCUT2D eigenvalue weighted by atomic mass is 32.2. The largest absolute Gasteiger partial charge is 0.480 e. The molecule has 0 aliphatic heterocycles. The number of carboxylic acid groups (broad SMARTS) is 1. The van der Waals surface area contributed by atoms with Gasteiger partial charge in [0.15, 0.2) is 0 Å². The zero-order chi connectivity index (χ0) is 10.3. The van der Waals surface area contributed by atoms with E-state index < -0.39 is 12.0 Å². The van der Waals surface area contributed by atoms with Crippen LogP contribution in [0.5, 0.6) is 0 Å². The molecule has 0 aliphatic rings. The average Bonchev–Trinajstić information content (AvgIpc) is 2.02. The van der Waals surface area contributed by atoms with Crippen LogP contribution in [0.2, 0.25) is 0 Å². The molecule has 0 saturated carbocycles. The van der Waals surface area contributed by atoms with Gasteiger partial charge in [0, 0.05) is 18.4 Å². The van der Waals surface area contributed by atoms with Gasteiger partial charge in [-0.1, -0.05) is 0 Å². The normalized spacial score (nSPS) is 12.2. The van der Waals surface area contributed by atoms with Gasteiger partial charge in [0.05, 0.1) is 6.61 Å². The lowest BCUT2D eigenvalue weighted by Gasteiger charge is -2.11. The van der Waals surface area contributed by atoms with Crippen molar-refractivity contribution in [3.63, 3.8) is 0 Å². The second-order valence-electron chi connectivity index (χ2n) is 2.39. The molecule has 0 aromatic heterocycles. The molecule has 0 radical (unpaired) electrons. The number of carbonyl (C=O) groups excluding carboxylic acids is 1. The Morgan fingerprint density at radius 3 is 2.54 bits per heavy atom. The van der Waals surface area contributed by atoms with E-state index in [0.717, 1.165) is 0 Å². The van der Waals surface area contributed by atoms with Gasteiger partial charge < -0.3 is 15.5 Å². The van der Waals surface area contributed by atoms with Crippen LogP contribution in [0, 0.1) is 0 Å². The van der Waals surface area contributed by atoms with Crippen molar-refractivity contribution in [3.05, 3.63) is 0 Å². The quantitative estimate of drug-likeness (QED) is 0.501. The lowest BCUT2D eigenvalue weighted by molar-refractivity contribution is -0.140. The zero-order valence-corrected chi connectivity index (χ0v) is 8.13. The molecule has 0 bridgehead atoms. The third-order valence-corrected chi connectivity index (χ3v) is 2.24. The van der Waals surface area contributed by atoms with Crippen molar-refractivity contribution in [3.8, 4) is 0 Å². The monoisotopic (exact) mass is 207 g/mol. The first-order chi connectivity index (χ1) is 6.07. The number of amides is 1. The third kappa shape index (κ3) is 6.41. The van der Waals surface area contributed by atoms with Crippen LogP contribution < -0.4 is 5.32 Å². The summed E-state index contributed by atoms with van der Waals surface area (Å²) in [7, 11) is 0. The second kappa shape index (κ2) is 6.73. The fourth-order valence-electron chi connectivity index (χ4n) is 0.686. The van der Waals surface area contributed by atoms with Crippen LogP contribution in [0.15, 0.2) is 0 Å². The van der Waals surface area contributed by atoms with Crippen LogP contribution in [-0.4, -0.2) is 46.2 Å². The number of thioether (sulfide) groups is 1. The first-order valence-electron chi connectivity index (χ1n) is 3.76. The second-order valence-corrected chi connectivity index (χ2v) is 3.54. The maximum atomic E-state index is 10.6. The number of hydrogen-bond donors (Lipinski definition) is 3. The van der Waals surface area contributed by atoms with Gasteiger partial charge >= 0.3 is 5.97 Å². The molecular weight excluding hydrogens is 194 g/mol. The summed E-state index contributed by atoms with van der Waals surface area (Å²) in [5.74, 6) is -0.670. The first kappa shape index (κ1) is 12.2. The number of aliphatic hydroxyl groups is 1. The van der Waals surface area contributed by atoms with Crippen molar-refractivity contribution >= 4 is 23.6 Å². The van der Waals surface area contributed by atoms with Crippen LogP contribution in [0.25, 0.3) is 0 Å². The summed E-state index contributed by atoms with van der Waals surface area (Å²) >= 11 is 1.29. The van der Waals surface area contributed by atoms with Crippen molar-refractivity contribution in [2.75, 3.05) is 18.1 Å². The summed E-state index contributed by atoms with van der Waals surface area (Å²) < 4.78 is 0. The van der Waals surface area contributed by atoms with Gasteiger partial charge in [-0.15, -0.1) is 0 Å². The zero-order valence-electron chi connectivity index (χ0n) is 7.32. The van der Waals surface area contributed by atoms with E-state index >= 15 is 0 Å². The van der Waals surface area contributed by atoms with E-state index in [1.165, 1.54) is 18.7 Å². The molecule has 0 rings (SSSR count). The predicted molar refractivity (Wildman–Crippen MR) is 49.7 cm³/mol. The van der Waals surface area contributed by atoms with E-state index in [0.29, 0.717) is 5.75 Å². The number of carbonyl (C=O) groups is 2. The van der Waals surface area contributed by atoms with Gasteiger partial charge in [0.25, 0.3) is 0 Å². The molecule has 3 N–H and O–H groups in total. The van der Waals surface area contributed by atoms with Gasteiger partial charge in [-0.2, -0.15) is 11.8 Å².